The third kappa shape index (κ3) is 3.96. The van der Waals surface area contributed by atoms with Crippen LogP contribution in [-0.4, -0.2) is 45.9 Å². The number of likely N-dealkylation sites (tertiary alicyclic amines) is 1. The molecule has 0 spiro atoms. The molecule has 1 aromatic carbocycles. The molecule has 6 heteroatoms. The highest BCUT2D eigenvalue weighted by Crippen LogP contribution is 2.27. The van der Waals surface area contributed by atoms with Gasteiger partial charge in [-0.05, 0) is 37.1 Å². The Kier molecular flexibility index (Phi) is 4.97. The fourth-order valence-corrected chi connectivity index (χ4v) is 3.17. The van der Waals surface area contributed by atoms with Gasteiger partial charge in [0.2, 0.25) is 5.91 Å². The molecule has 2 amide bonds. The minimum absolute atomic E-state index is 0.00165. The van der Waals surface area contributed by atoms with Crippen LogP contribution in [0.15, 0.2) is 42.6 Å². The molecule has 1 fully saturated rings. The van der Waals surface area contributed by atoms with Crippen molar-refractivity contribution in [2.45, 2.75) is 25.8 Å². The van der Waals surface area contributed by atoms with Crippen molar-refractivity contribution in [3.8, 4) is 17.0 Å². The summed E-state index contributed by atoms with van der Waals surface area (Å²) in [5.74, 6) is -0.0740. The van der Waals surface area contributed by atoms with E-state index in [4.69, 9.17) is 0 Å². The number of pyridine rings is 1. The molecule has 0 unspecified atom stereocenters. The van der Waals surface area contributed by atoms with E-state index in [2.05, 4.69) is 10.3 Å². The van der Waals surface area contributed by atoms with Crippen LogP contribution in [-0.2, 0) is 4.79 Å². The van der Waals surface area contributed by atoms with Gasteiger partial charge in [-0.25, -0.2) is 0 Å². The van der Waals surface area contributed by atoms with E-state index >= 15 is 0 Å². The molecule has 0 saturated carbocycles. The molecule has 25 heavy (non-hydrogen) atoms. The van der Waals surface area contributed by atoms with E-state index in [1.165, 1.54) is 6.92 Å². The Morgan fingerprint density at radius 2 is 2.12 bits per heavy atom. The van der Waals surface area contributed by atoms with Crippen LogP contribution in [0.1, 0.15) is 30.1 Å². The second-order valence-electron chi connectivity index (χ2n) is 6.24. The maximum absolute atomic E-state index is 12.8. The zero-order valence-corrected chi connectivity index (χ0v) is 14.1. The Morgan fingerprint density at radius 1 is 1.28 bits per heavy atom. The topological polar surface area (TPSA) is 82.5 Å². The second-order valence-corrected chi connectivity index (χ2v) is 6.24. The predicted molar refractivity (Wildman–Crippen MR) is 94.1 cm³/mol. The predicted octanol–water partition coefficient (Wildman–Crippen LogP) is 2.19. The molecule has 130 valence electrons. The highest BCUT2D eigenvalue weighted by molar-refractivity contribution is 5.95. The molecular formula is C19H21N3O3. The van der Waals surface area contributed by atoms with Gasteiger partial charge in [-0.2, -0.15) is 0 Å². The molecule has 2 N–H and O–H groups in total. The fraction of sp³-hybridized carbons (Fsp3) is 0.316. The summed E-state index contributed by atoms with van der Waals surface area (Å²) in [5.41, 5.74) is 1.69. The van der Waals surface area contributed by atoms with Crippen LogP contribution in [0.2, 0.25) is 0 Å². The Labute approximate surface area is 146 Å². The minimum atomic E-state index is -0.0769. The van der Waals surface area contributed by atoms with E-state index in [-0.39, 0.29) is 23.6 Å². The van der Waals surface area contributed by atoms with Gasteiger partial charge in [-0.1, -0.05) is 12.1 Å². The van der Waals surface area contributed by atoms with Gasteiger partial charge in [0.1, 0.15) is 11.4 Å². The monoisotopic (exact) mass is 339 g/mol. The summed E-state index contributed by atoms with van der Waals surface area (Å²) in [6, 6.07) is 10.3. The smallest absolute Gasteiger partial charge is 0.253 e. The van der Waals surface area contributed by atoms with Crippen LogP contribution in [0.5, 0.6) is 5.75 Å². The molecule has 0 bridgehead atoms. The summed E-state index contributed by atoms with van der Waals surface area (Å²) in [4.78, 5) is 30.0. The molecule has 6 nitrogen and oxygen atoms in total. The third-order valence-corrected chi connectivity index (χ3v) is 4.29. The Morgan fingerprint density at radius 3 is 2.88 bits per heavy atom. The Bertz CT molecular complexity index is 791. The van der Waals surface area contributed by atoms with Crippen molar-refractivity contribution in [2.24, 2.45) is 0 Å². The number of aromatic nitrogens is 1. The molecule has 1 aliphatic heterocycles. The van der Waals surface area contributed by atoms with Gasteiger partial charge in [-0.15, -0.1) is 0 Å². The van der Waals surface area contributed by atoms with Crippen molar-refractivity contribution in [3.05, 3.63) is 48.2 Å². The van der Waals surface area contributed by atoms with E-state index in [9.17, 15) is 14.7 Å². The number of hydrogen-bond donors (Lipinski definition) is 2. The normalized spacial score (nSPS) is 17.2. The number of carbonyl (C=O) groups is 2. The van der Waals surface area contributed by atoms with Crippen LogP contribution in [0.25, 0.3) is 11.3 Å². The van der Waals surface area contributed by atoms with Gasteiger partial charge in [0.15, 0.2) is 0 Å². The van der Waals surface area contributed by atoms with Crippen molar-refractivity contribution >= 4 is 11.8 Å². The van der Waals surface area contributed by atoms with Gasteiger partial charge >= 0.3 is 0 Å². The van der Waals surface area contributed by atoms with Gasteiger partial charge in [0.05, 0.1) is 0 Å². The van der Waals surface area contributed by atoms with Crippen LogP contribution in [0.3, 0.4) is 0 Å². The van der Waals surface area contributed by atoms with Crippen molar-refractivity contribution in [1.82, 2.24) is 15.2 Å². The molecule has 1 aromatic heterocycles. The van der Waals surface area contributed by atoms with Crippen molar-refractivity contribution < 1.29 is 14.7 Å². The van der Waals surface area contributed by atoms with Gasteiger partial charge < -0.3 is 15.3 Å². The quantitative estimate of drug-likeness (QED) is 0.898. The average molecular weight is 339 g/mol. The largest absolute Gasteiger partial charge is 0.506 e. The first-order valence-corrected chi connectivity index (χ1v) is 8.35. The molecule has 1 atom stereocenters. The molecule has 2 aromatic rings. The molecule has 1 saturated heterocycles. The summed E-state index contributed by atoms with van der Waals surface area (Å²) >= 11 is 0. The highest BCUT2D eigenvalue weighted by Gasteiger charge is 2.25. The number of carbonyl (C=O) groups excluding carboxylic acids is 2. The number of aromatic hydroxyl groups is 1. The fourth-order valence-electron chi connectivity index (χ4n) is 3.17. The minimum Gasteiger partial charge on any atom is -0.506 e. The first-order valence-electron chi connectivity index (χ1n) is 8.35. The maximum atomic E-state index is 12.8. The summed E-state index contributed by atoms with van der Waals surface area (Å²) < 4.78 is 0. The number of amides is 2. The lowest BCUT2D eigenvalue weighted by Gasteiger charge is -2.33. The summed E-state index contributed by atoms with van der Waals surface area (Å²) in [5, 5.41) is 12.8. The molecule has 0 aliphatic carbocycles. The number of benzene rings is 1. The summed E-state index contributed by atoms with van der Waals surface area (Å²) in [7, 11) is 0. The molecule has 0 radical (unpaired) electrons. The summed E-state index contributed by atoms with van der Waals surface area (Å²) in [6.45, 7) is 2.68. The zero-order chi connectivity index (χ0) is 17.8. The second kappa shape index (κ2) is 7.34. The number of hydrogen-bond acceptors (Lipinski definition) is 4. The lowest BCUT2D eigenvalue weighted by atomic mass is 10.0. The van der Waals surface area contributed by atoms with Gasteiger partial charge in [0, 0.05) is 43.4 Å². The lowest BCUT2D eigenvalue weighted by Crippen LogP contribution is -2.49. The number of piperidine rings is 1. The van der Waals surface area contributed by atoms with E-state index in [1.807, 2.05) is 6.07 Å². The number of rotatable bonds is 3. The number of nitrogens with zero attached hydrogens (tertiary/aromatic N) is 2. The van der Waals surface area contributed by atoms with E-state index in [0.29, 0.717) is 29.9 Å². The van der Waals surface area contributed by atoms with Crippen LogP contribution >= 0.6 is 0 Å². The van der Waals surface area contributed by atoms with Crippen LogP contribution in [0, 0.1) is 0 Å². The van der Waals surface area contributed by atoms with Gasteiger partial charge in [-0.3, -0.25) is 14.6 Å². The molecule has 2 heterocycles. The van der Waals surface area contributed by atoms with Crippen molar-refractivity contribution in [2.75, 3.05) is 13.1 Å². The zero-order valence-electron chi connectivity index (χ0n) is 14.1. The number of nitrogens with one attached hydrogen (secondary N) is 1. The first kappa shape index (κ1) is 17.0. The van der Waals surface area contributed by atoms with Crippen molar-refractivity contribution in [1.29, 1.82) is 0 Å². The lowest BCUT2D eigenvalue weighted by molar-refractivity contribution is -0.120. The Balaban J connectivity index is 1.80. The molecular weight excluding hydrogens is 318 g/mol. The van der Waals surface area contributed by atoms with E-state index < -0.39 is 0 Å². The maximum Gasteiger partial charge on any atom is 0.253 e. The Hall–Kier alpha value is -2.89. The van der Waals surface area contributed by atoms with E-state index in [0.717, 1.165) is 12.8 Å². The molecule has 3 rings (SSSR count). The van der Waals surface area contributed by atoms with Crippen LogP contribution in [0.4, 0.5) is 0 Å². The van der Waals surface area contributed by atoms with E-state index in [1.54, 1.807) is 41.4 Å². The summed E-state index contributed by atoms with van der Waals surface area (Å²) in [6.07, 6.45) is 3.34. The third-order valence-electron chi connectivity index (χ3n) is 4.29. The van der Waals surface area contributed by atoms with Gasteiger partial charge in [0.25, 0.3) is 5.91 Å². The van der Waals surface area contributed by atoms with Crippen LogP contribution < -0.4 is 5.32 Å². The average Bonchev–Trinajstić information content (AvgIpc) is 2.61. The molecule has 1 aliphatic rings. The van der Waals surface area contributed by atoms with Crippen molar-refractivity contribution in [3.63, 3.8) is 0 Å². The highest BCUT2D eigenvalue weighted by atomic mass is 16.3. The SMILES string of the molecule is CC(=O)N[C@@H]1CCCN(C(=O)c2cccc(-c3ncccc3O)c2)C1. The standard InChI is InChI=1S/C19H21N3O3/c1-13(23)21-16-7-4-10-22(12-16)19(25)15-6-2-5-14(11-15)18-17(24)8-3-9-20-18/h2-3,5-6,8-9,11,16,24H,4,7,10,12H2,1H3,(H,21,23)/t16-/m1/s1. The first-order chi connectivity index (χ1) is 12.0.